The van der Waals surface area contributed by atoms with Crippen LogP contribution in [0, 0.1) is 0 Å². The number of anilines is 2. The molecule has 0 fully saturated rings. The van der Waals surface area contributed by atoms with Crippen LogP contribution in [0.5, 0.6) is 0 Å². The molecule has 0 bridgehead atoms. The van der Waals surface area contributed by atoms with Crippen molar-refractivity contribution in [1.82, 2.24) is 9.13 Å². The van der Waals surface area contributed by atoms with Gasteiger partial charge in [0.25, 0.3) is 0 Å². The number of aryl methyl sites for hydroxylation is 1. The van der Waals surface area contributed by atoms with Gasteiger partial charge in [0.2, 0.25) is 0 Å². The molecule has 9 aromatic carbocycles. The minimum atomic E-state index is 1.03. The van der Waals surface area contributed by atoms with E-state index in [1.165, 1.54) is 88.4 Å². The SMILES string of the molecule is C1=C(N(c2ccccc2)c2ccc(-c3ccc(-n4c5ccccc5c5cc(-c6ccc7c(c6)c6ccccc6n7-c6ccccc6)ccc54)cc3)cc2)c2ccccc2CC1. The van der Waals surface area contributed by atoms with Gasteiger partial charge in [-0.3, -0.25) is 0 Å². The van der Waals surface area contributed by atoms with E-state index in [0.717, 1.165) is 29.9 Å². The Bertz CT molecular complexity index is 3440. The van der Waals surface area contributed by atoms with E-state index in [-0.39, 0.29) is 0 Å². The monoisotopic (exact) mass is 779 g/mol. The van der Waals surface area contributed by atoms with E-state index in [2.05, 4.69) is 238 Å². The largest absolute Gasteiger partial charge is 0.310 e. The molecule has 0 N–H and O–H groups in total. The zero-order valence-electron chi connectivity index (χ0n) is 33.6. The highest BCUT2D eigenvalue weighted by atomic mass is 15.1. The Morgan fingerprint density at radius 2 is 0.803 bits per heavy atom. The Hall–Kier alpha value is -7.88. The molecule has 0 aliphatic heterocycles. The molecule has 2 heterocycles. The Morgan fingerprint density at radius 1 is 0.344 bits per heavy atom. The Balaban J connectivity index is 0.891. The van der Waals surface area contributed by atoms with Crippen LogP contribution in [0.15, 0.2) is 224 Å². The highest BCUT2D eigenvalue weighted by molar-refractivity contribution is 6.12. The lowest BCUT2D eigenvalue weighted by molar-refractivity contribution is 0.968. The van der Waals surface area contributed by atoms with Gasteiger partial charge in [0.15, 0.2) is 0 Å². The molecule has 3 nitrogen and oxygen atoms in total. The van der Waals surface area contributed by atoms with E-state index in [9.17, 15) is 0 Å². The minimum absolute atomic E-state index is 1.03. The normalized spacial score (nSPS) is 12.6. The molecule has 0 saturated heterocycles. The van der Waals surface area contributed by atoms with E-state index in [1.807, 2.05) is 0 Å². The fraction of sp³-hybridized carbons (Fsp3) is 0.0345. The molecule has 0 spiro atoms. The smallest absolute Gasteiger partial charge is 0.0541 e. The number of fused-ring (bicyclic) bond motifs is 7. The van der Waals surface area contributed by atoms with Crippen LogP contribution in [-0.2, 0) is 6.42 Å². The van der Waals surface area contributed by atoms with Crippen LogP contribution in [0.1, 0.15) is 17.5 Å². The van der Waals surface area contributed by atoms with Crippen molar-refractivity contribution in [2.24, 2.45) is 0 Å². The fourth-order valence-corrected chi connectivity index (χ4v) is 9.72. The second-order valence-electron chi connectivity index (χ2n) is 16.1. The maximum Gasteiger partial charge on any atom is 0.0541 e. The highest BCUT2D eigenvalue weighted by Crippen LogP contribution is 2.41. The number of para-hydroxylation sites is 4. The van der Waals surface area contributed by atoms with Crippen molar-refractivity contribution in [3.63, 3.8) is 0 Å². The number of benzene rings is 9. The molecule has 288 valence electrons. The topological polar surface area (TPSA) is 13.1 Å². The van der Waals surface area contributed by atoms with Gasteiger partial charge in [0.05, 0.1) is 22.1 Å². The van der Waals surface area contributed by atoms with Gasteiger partial charge in [-0.2, -0.15) is 0 Å². The van der Waals surface area contributed by atoms with Crippen molar-refractivity contribution in [3.05, 3.63) is 236 Å². The van der Waals surface area contributed by atoms with E-state index in [1.54, 1.807) is 0 Å². The molecule has 0 atom stereocenters. The van der Waals surface area contributed by atoms with E-state index in [4.69, 9.17) is 0 Å². The number of hydrogen-bond donors (Lipinski definition) is 0. The van der Waals surface area contributed by atoms with Crippen LogP contribution in [-0.4, -0.2) is 9.13 Å². The molecule has 1 aliphatic carbocycles. The van der Waals surface area contributed by atoms with Gasteiger partial charge < -0.3 is 14.0 Å². The summed E-state index contributed by atoms with van der Waals surface area (Å²) >= 11 is 0. The summed E-state index contributed by atoms with van der Waals surface area (Å²) in [6.45, 7) is 0. The van der Waals surface area contributed by atoms with E-state index < -0.39 is 0 Å². The maximum atomic E-state index is 2.41. The van der Waals surface area contributed by atoms with Gasteiger partial charge in [0, 0.05) is 55.6 Å². The van der Waals surface area contributed by atoms with Crippen LogP contribution < -0.4 is 4.90 Å². The number of aromatic nitrogens is 2. The molecule has 3 heteroatoms. The standard InChI is InChI=1S/C58H41N3/c1-3-16-45(17-4-1)59(54-25-13-15-42-14-7-8-20-49(42)54)47-32-26-40(27-33-47)41-28-34-48(35-29-41)61-56-24-12-10-22-51(56)53-39-44(31-37-58(53)61)43-30-36-57-52(38-43)50-21-9-11-23-55(50)60(57)46-18-5-2-6-19-46/h1-12,14,16-39H,13,15H2. The van der Waals surface area contributed by atoms with Crippen molar-refractivity contribution in [3.8, 4) is 33.6 Å². The first-order valence-corrected chi connectivity index (χ1v) is 21.2. The van der Waals surface area contributed by atoms with E-state index >= 15 is 0 Å². The fourth-order valence-electron chi connectivity index (χ4n) is 9.72. The van der Waals surface area contributed by atoms with Gasteiger partial charge in [-0.25, -0.2) is 0 Å². The van der Waals surface area contributed by atoms with Crippen LogP contribution in [0.25, 0.3) is 82.9 Å². The summed E-state index contributed by atoms with van der Waals surface area (Å²) in [5, 5.41) is 5.02. The first-order valence-electron chi connectivity index (χ1n) is 21.2. The summed E-state index contributed by atoms with van der Waals surface area (Å²) in [5.41, 5.74) is 18.2. The second-order valence-corrected chi connectivity index (χ2v) is 16.1. The van der Waals surface area contributed by atoms with Gasteiger partial charge in [-0.05, 0) is 126 Å². The quantitative estimate of drug-likeness (QED) is 0.157. The summed E-state index contributed by atoms with van der Waals surface area (Å²) in [6.07, 6.45) is 4.50. The molecule has 12 rings (SSSR count). The predicted molar refractivity (Wildman–Crippen MR) is 257 cm³/mol. The molecule has 0 radical (unpaired) electrons. The molecule has 1 aliphatic rings. The van der Waals surface area contributed by atoms with Crippen LogP contribution in [0.2, 0.25) is 0 Å². The lowest BCUT2D eigenvalue weighted by Crippen LogP contribution is -2.18. The molecule has 61 heavy (non-hydrogen) atoms. The third-order valence-corrected chi connectivity index (χ3v) is 12.6. The summed E-state index contributed by atoms with van der Waals surface area (Å²) in [5.74, 6) is 0. The Kier molecular flexibility index (Phi) is 8.31. The zero-order valence-corrected chi connectivity index (χ0v) is 33.6. The third kappa shape index (κ3) is 5.89. The maximum absolute atomic E-state index is 2.41. The molecular weight excluding hydrogens is 739 g/mol. The summed E-state index contributed by atoms with van der Waals surface area (Å²) in [6, 6.07) is 79.7. The minimum Gasteiger partial charge on any atom is -0.310 e. The van der Waals surface area contributed by atoms with Gasteiger partial charge in [0.1, 0.15) is 0 Å². The lowest BCUT2D eigenvalue weighted by atomic mass is 9.93. The number of rotatable bonds is 7. The molecule has 0 unspecified atom stereocenters. The van der Waals surface area contributed by atoms with Crippen molar-refractivity contribution < 1.29 is 0 Å². The summed E-state index contributed by atoms with van der Waals surface area (Å²) in [7, 11) is 0. The molecular formula is C58H41N3. The highest BCUT2D eigenvalue weighted by Gasteiger charge is 2.22. The lowest BCUT2D eigenvalue weighted by Gasteiger charge is -2.31. The number of allylic oxidation sites excluding steroid dienone is 1. The second kappa shape index (κ2) is 14.4. The average Bonchev–Trinajstić information content (AvgIpc) is 3.85. The van der Waals surface area contributed by atoms with Crippen LogP contribution in [0.4, 0.5) is 11.4 Å². The number of nitrogens with zero attached hydrogens (tertiary/aromatic N) is 3. The molecule has 0 amide bonds. The zero-order chi connectivity index (χ0) is 40.3. The van der Waals surface area contributed by atoms with Crippen LogP contribution >= 0.6 is 0 Å². The van der Waals surface area contributed by atoms with Gasteiger partial charge >= 0.3 is 0 Å². The third-order valence-electron chi connectivity index (χ3n) is 12.6. The summed E-state index contributed by atoms with van der Waals surface area (Å²) in [4.78, 5) is 2.40. The Labute approximate surface area is 355 Å². The molecule has 0 saturated carbocycles. The molecule has 11 aromatic rings. The Morgan fingerprint density at radius 3 is 1.43 bits per heavy atom. The van der Waals surface area contributed by atoms with Crippen molar-refractivity contribution >= 4 is 60.7 Å². The first-order chi connectivity index (χ1) is 30.3. The van der Waals surface area contributed by atoms with Gasteiger partial charge in [-0.15, -0.1) is 0 Å². The molecule has 2 aromatic heterocycles. The first kappa shape index (κ1) is 35.1. The summed E-state index contributed by atoms with van der Waals surface area (Å²) < 4.78 is 4.78. The van der Waals surface area contributed by atoms with Crippen molar-refractivity contribution in [2.45, 2.75) is 12.8 Å². The van der Waals surface area contributed by atoms with Crippen LogP contribution in [0.3, 0.4) is 0 Å². The van der Waals surface area contributed by atoms with Gasteiger partial charge in [-0.1, -0.05) is 140 Å². The predicted octanol–water partition coefficient (Wildman–Crippen LogP) is 15.3. The van der Waals surface area contributed by atoms with Crippen molar-refractivity contribution in [2.75, 3.05) is 4.90 Å². The number of hydrogen-bond acceptors (Lipinski definition) is 1. The average molecular weight is 780 g/mol. The van der Waals surface area contributed by atoms with Crippen molar-refractivity contribution in [1.29, 1.82) is 0 Å². The van der Waals surface area contributed by atoms with E-state index in [0.29, 0.717) is 0 Å².